The first-order valence-electron chi connectivity index (χ1n) is 4.17. The summed E-state index contributed by atoms with van der Waals surface area (Å²) in [5.41, 5.74) is 0.784. The van der Waals surface area contributed by atoms with Crippen molar-refractivity contribution in [1.29, 1.82) is 0 Å². The zero-order chi connectivity index (χ0) is 10.2. The van der Waals surface area contributed by atoms with Crippen LogP contribution >= 0.6 is 0 Å². The molecule has 1 aromatic rings. The predicted octanol–water partition coefficient (Wildman–Crippen LogP) is 2.20. The van der Waals surface area contributed by atoms with Gasteiger partial charge in [0.1, 0.15) is 12.4 Å². The highest BCUT2D eigenvalue weighted by molar-refractivity contribution is 5.78. The topological polar surface area (TPSA) is 21.6 Å². The summed E-state index contributed by atoms with van der Waals surface area (Å²) >= 11 is 0. The van der Waals surface area contributed by atoms with E-state index in [1.54, 1.807) is 12.1 Å². The molecule has 0 bridgehead atoms. The maximum absolute atomic E-state index is 12.5. The fraction of sp³-hybridized carbons (Fsp3) is 0.182. The summed E-state index contributed by atoms with van der Waals surface area (Å²) in [6, 6.07) is 5.96. The molecule has 1 rings (SSSR count). The van der Waals surface area contributed by atoms with Crippen molar-refractivity contribution in [2.75, 3.05) is 6.61 Å². The van der Waals surface area contributed by atoms with Gasteiger partial charge in [-0.05, 0) is 17.7 Å². The van der Waals surface area contributed by atoms with Gasteiger partial charge < -0.3 is 4.84 Å². The summed E-state index contributed by atoms with van der Waals surface area (Å²) in [6.45, 7) is 0.397. The molecule has 0 atom stereocenters. The molecule has 0 aliphatic carbocycles. The third-order valence-electron chi connectivity index (χ3n) is 1.48. The van der Waals surface area contributed by atoms with E-state index in [1.165, 1.54) is 18.3 Å². The number of nitrogens with zero attached hydrogens (tertiary/aromatic N) is 1. The number of rotatable bonds is 4. The molecule has 0 saturated heterocycles. The van der Waals surface area contributed by atoms with Gasteiger partial charge in [-0.3, -0.25) is 0 Å². The molecule has 0 heterocycles. The lowest BCUT2D eigenvalue weighted by molar-refractivity contribution is 0.152. The minimum Gasteiger partial charge on any atom is -0.395 e. The molecule has 1 aromatic carbocycles. The summed E-state index contributed by atoms with van der Waals surface area (Å²) in [6.07, 6.45) is 7.05. The van der Waals surface area contributed by atoms with E-state index in [2.05, 4.69) is 11.1 Å². The van der Waals surface area contributed by atoms with Gasteiger partial charge in [-0.25, -0.2) is 4.39 Å². The van der Waals surface area contributed by atoms with Gasteiger partial charge in [-0.1, -0.05) is 17.3 Å². The van der Waals surface area contributed by atoms with Crippen molar-refractivity contribution in [3.05, 3.63) is 35.6 Å². The SMILES string of the molecule is C#CCCON=Cc1ccc(F)cc1. The largest absolute Gasteiger partial charge is 0.395 e. The van der Waals surface area contributed by atoms with E-state index in [0.717, 1.165) is 5.56 Å². The number of oxime groups is 1. The Hall–Kier alpha value is -1.82. The maximum Gasteiger partial charge on any atom is 0.128 e. The van der Waals surface area contributed by atoms with Crippen molar-refractivity contribution in [2.45, 2.75) is 6.42 Å². The van der Waals surface area contributed by atoms with Crippen molar-refractivity contribution >= 4 is 6.21 Å². The fourth-order valence-corrected chi connectivity index (χ4v) is 0.804. The fourth-order valence-electron chi connectivity index (χ4n) is 0.804. The minimum atomic E-state index is -0.268. The van der Waals surface area contributed by atoms with Crippen LogP contribution in [0.25, 0.3) is 0 Å². The average molecular weight is 191 g/mol. The summed E-state index contributed by atoms with van der Waals surface area (Å²) < 4.78 is 12.5. The van der Waals surface area contributed by atoms with Gasteiger partial charge in [-0.2, -0.15) is 0 Å². The molecule has 0 saturated carbocycles. The van der Waals surface area contributed by atoms with E-state index >= 15 is 0 Å². The Morgan fingerprint density at radius 1 is 1.43 bits per heavy atom. The van der Waals surface area contributed by atoms with Crippen LogP contribution in [0.2, 0.25) is 0 Å². The number of benzene rings is 1. The van der Waals surface area contributed by atoms with Crippen LogP contribution in [0, 0.1) is 18.2 Å². The van der Waals surface area contributed by atoms with Crippen molar-refractivity contribution in [1.82, 2.24) is 0 Å². The number of terminal acetylenes is 1. The highest BCUT2D eigenvalue weighted by atomic mass is 19.1. The first kappa shape index (κ1) is 10.3. The maximum atomic E-state index is 12.5. The lowest BCUT2D eigenvalue weighted by Gasteiger charge is -1.94. The second-order valence-electron chi connectivity index (χ2n) is 2.57. The second-order valence-corrected chi connectivity index (χ2v) is 2.57. The Balaban J connectivity index is 2.37. The number of halogens is 1. The molecular formula is C11H10FNO. The van der Waals surface area contributed by atoms with Crippen molar-refractivity contribution in [3.8, 4) is 12.3 Å². The molecule has 0 amide bonds. The number of hydrogen-bond donors (Lipinski definition) is 0. The van der Waals surface area contributed by atoms with E-state index in [1.807, 2.05) is 0 Å². The normalized spacial score (nSPS) is 10.0. The summed E-state index contributed by atoms with van der Waals surface area (Å²) in [5.74, 6) is 2.16. The number of hydrogen-bond acceptors (Lipinski definition) is 2. The molecule has 0 spiro atoms. The van der Waals surface area contributed by atoms with Crippen LogP contribution in [0.5, 0.6) is 0 Å². The van der Waals surface area contributed by atoms with Gasteiger partial charge in [0.25, 0.3) is 0 Å². The summed E-state index contributed by atoms with van der Waals surface area (Å²) in [4.78, 5) is 4.84. The average Bonchev–Trinajstić information content (AvgIpc) is 2.21. The molecule has 0 radical (unpaired) electrons. The highest BCUT2D eigenvalue weighted by Gasteiger charge is 1.89. The van der Waals surface area contributed by atoms with E-state index < -0.39 is 0 Å². The molecule has 14 heavy (non-hydrogen) atoms. The zero-order valence-electron chi connectivity index (χ0n) is 7.61. The molecule has 72 valence electrons. The van der Waals surface area contributed by atoms with Gasteiger partial charge in [0.15, 0.2) is 0 Å². The summed E-state index contributed by atoms with van der Waals surface area (Å²) in [5, 5.41) is 3.67. The molecule has 0 aliphatic rings. The van der Waals surface area contributed by atoms with Gasteiger partial charge in [-0.15, -0.1) is 12.3 Å². The lowest BCUT2D eigenvalue weighted by Crippen LogP contribution is -1.87. The van der Waals surface area contributed by atoms with Crippen LogP contribution in [-0.2, 0) is 4.84 Å². The van der Waals surface area contributed by atoms with Crippen molar-refractivity contribution in [2.24, 2.45) is 5.16 Å². The van der Waals surface area contributed by atoms with E-state index in [0.29, 0.717) is 13.0 Å². The Kier molecular flexibility index (Phi) is 4.22. The van der Waals surface area contributed by atoms with E-state index in [4.69, 9.17) is 11.3 Å². The van der Waals surface area contributed by atoms with Crippen LogP contribution in [0.4, 0.5) is 4.39 Å². The minimum absolute atomic E-state index is 0.268. The first-order valence-corrected chi connectivity index (χ1v) is 4.17. The van der Waals surface area contributed by atoms with Crippen molar-refractivity contribution < 1.29 is 9.23 Å². The van der Waals surface area contributed by atoms with Gasteiger partial charge in [0.2, 0.25) is 0 Å². The third-order valence-corrected chi connectivity index (χ3v) is 1.48. The Bertz CT molecular complexity index is 337. The van der Waals surface area contributed by atoms with Crippen LogP contribution in [0.1, 0.15) is 12.0 Å². The predicted molar refractivity (Wildman–Crippen MR) is 53.4 cm³/mol. The van der Waals surface area contributed by atoms with Crippen LogP contribution < -0.4 is 0 Å². The standard InChI is InChI=1S/C11H10FNO/c1-2-3-8-14-13-9-10-4-6-11(12)7-5-10/h1,4-7,9H,3,8H2. The molecular weight excluding hydrogens is 181 g/mol. The van der Waals surface area contributed by atoms with Gasteiger partial charge >= 0.3 is 0 Å². The van der Waals surface area contributed by atoms with Gasteiger partial charge in [0, 0.05) is 6.42 Å². The quantitative estimate of drug-likeness (QED) is 0.309. The lowest BCUT2D eigenvalue weighted by atomic mass is 10.2. The third kappa shape index (κ3) is 3.72. The zero-order valence-corrected chi connectivity index (χ0v) is 7.61. The Morgan fingerprint density at radius 3 is 2.79 bits per heavy atom. The van der Waals surface area contributed by atoms with Gasteiger partial charge in [0.05, 0.1) is 6.21 Å². The summed E-state index contributed by atoms with van der Waals surface area (Å²) in [7, 11) is 0. The van der Waals surface area contributed by atoms with Crippen LogP contribution in [0.3, 0.4) is 0 Å². The molecule has 2 nitrogen and oxygen atoms in total. The first-order chi connectivity index (χ1) is 6.83. The van der Waals surface area contributed by atoms with Crippen LogP contribution in [0.15, 0.2) is 29.4 Å². The molecule has 0 N–H and O–H groups in total. The van der Waals surface area contributed by atoms with Crippen LogP contribution in [-0.4, -0.2) is 12.8 Å². The Labute approximate surface area is 82.4 Å². The molecule has 0 fully saturated rings. The monoisotopic (exact) mass is 191 g/mol. The smallest absolute Gasteiger partial charge is 0.128 e. The second kappa shape index (κ2) is 5.76. The van der Waals surface area contributed by atoms with E-state index in [-0.39, 0.29) is 5.82 Å². The van der Waals surface area contributed by atoms with E-state index in [9.17, 15) is 4.39 Å². The molecule has 3 heteroatoms. The molecule has 0 unspecified atom stereocenters. The Morgan fingerprint density at radius 2 is 2.14 bits per heavy atom. The highest BCUT2D eigenvalue weighted by Crippen LogP contribution is 1.99. The van der Waals surface area contributed by atoms with Crippen molar-refractivity contribution in [3.63, 3.8) is 0 Å². The molecule has 0 aromatic heterocycles. The molecule has 0 aliphatic heterocycles.